The highest BCUT2D eigenvalue weighted by atomic mass is 35.5. The Bertz CT molecular complexity index is 663. The van der Waals surface area contributed by atoms with Gasteiger partial charge < -0.3 is 10.6 Å². The predicted molar refractivity (Wildman–Crippen MR) is 102 cm³/mol. The van der Waals surface area contributed by atoms with E-state index in [0.717, 1.165) is 32.6 Å². The summed E-state index contributed by atoms with van der Waals surface area (Å²) < 4.78 is 0. The maximum Gasteiger partial charge on any atom is 0.234 e. The van der Waals surface area contributed by atoms with Gasteiger partial charge in [0, 0.05) is 13.1 Å². The largest absolute Gasteiger partial charge is 0.348 e. The number of carbonyl (C=O) groups is 1. The van der Waals surface area contributed by atoms with Crippen molar-refractivity contribution in [3.63, 3.8) is 0 Å². The molecule has 1 atom stereocenters. The second-order valence-corrected chi connectivity index (χ2v) is 6.24. The lowest BCUT2D eigenvalue weighted by atomic mass is 10.00. The van der Waals surface area contributed by atoms with Crippen LogP contribution in [0.5, 0.6) is 0 Å². The van der Waals surface area contributed by atoms with Crippen molar-refractivity contribution in [1.82, 2.24) is 15.5 Å². The SMILES string of the molecule is CC(NC(=O)CN1CCCNCC1)c1cccc2ccccc12.Cl. The number of rotatable bonds is 4. The maximum absolute atomic E-state index is 12.4. The minimum atomic E-state index is 0. The van der Waals surface area contributed by atoms with Gasteiger partial charge in [-0.1, -0.05) is 42.5 Å². The lowest BCUT2D eigenvalue weighted by Gasteiger charge is -2.21. The Kier molecular flexibility index (Phi) is 7.03. The quantitative estimate of drug-likeness (QED) is 0.893. The first-order valence-corrected chi connectivity index (χ1v) is 8.44. The van der Waals surface area contributed by atoms with Gasteiger partial charge in [0.05, 0.1) is 12.6 Å². The standard InChI is InChI=1S/C19H25N3O.ClH/c1-15(17-9-4-7-16-6-2-3-8-18(16)17)21-19(23)14-22-12-5-10-20-11-13-22;/h2-4,6-9,15,20H,5,10-14H2,1H3,(H,21,23);1H. The summed E-state index contributed by atoms with van der Waals surface area (Å²) in [5.41, 5.74) is 1.17. The second-order valence-electron chi connectivity index (χ2n) is 6.24. The summed E-state index contributed by atoms with van der Waals surface area (Å²) in [5.74, 6) is 0.104. The number of hydrogen-bond acceptors (Lipinski definition) is 3. The molecule has 1 fully saturated rings. The molecule has 2 aromatic carbocycles. The Balaban J connectivity index is 0.00000208. The minimum Gasteiger partial charge on any atom is -0.348 e. The van der Waals surface area contributed by atoms with E-state index < -0.39 is 0 Å². The summed E-state index contributed by atoms with van der Waals surface area (Å²) in [5, 5.41) is 8.94. The Labute approximate surface area is 150 Å². The summed E-state index contributed by atoms with van der Waals surface area (Å²) in [6.45, 7) is 6.48. The first kappa shape index (κ1) is 18.7. The Morgan fingerprint density at radius 3 is 2.83 bits per heavy atom. The van der Waals surface area contributed by atoms with Gasteiger partial charge in [-0.2, -0.15) is 0 Å². The molecule has 3 rings (SSSR count). The van der Waals surface area contributed by atoms with Crippen LogP contribution in [-0.4, -0.2) is 43.5 Å². The summed E-state index contributed by atoms with van der Waals surface area (Å²) in [6.07, 6.45) is 1.10. The van der Waals surface area contributed by atoms with Gasteiger partial charge in [0.15, 0.2) is 0 Å². The van der Waals surface area contributed by atoms with E-state index in [-0.39, 0.29) is 24.4 Å². The van der Waals surface area contributed by atoms with Gasteiger partial charge in [-0.3, -0.25) is 9.69 Å². The van der Waals surface area contributed by atoms with Crippen molar-refractivity contribution in [1.29, 1.82) is 0 Å². The summed E-state index contributed by atoms with van der Waals surface area (Å²) in [4.78, 5) is 14.6. The van der Waals surface area contributed by atoms with E-state index in [1.54, 1.807) is 0 Å². The zero-order valence-corrected chi connectivity index (χ0v) is 14.9. The van der Waals surface area contributed by atoms with Crippen molar-refractivity contribution in [3.05, 3.63) is 48.0 Å². The monoisotopic (exact) mass is 347 g/mol. The fraction of sp³-hybridized carbons (Fsp3) is 0.421. The Morgan fingerprint density at radius 1 is 1.17 bits per heavy atom. The van der Waals surface area contributed by atoms with Gasteiger partial charge >= 0.3 is 0 Å². The van der Waals surface area contributed by atoms with E-state index in [2.05, 4.69) is 52.8 Å². The van der Waals surface area contributed by atoms with E-state index in [1.165, 1.54) is 16.3 Å². The number of carbonyl (C=O) groups excluding carboxylic acids is 1. The van der Waals surface area contributed by atoms with E-state index in [4.69, 9.17) is 0 Å². The van der Waals surface area contributed by atoms with Crippen molar-refractivity contribution in [2.24, 2.45) is 0 Å². The van der Waals surface area contributed by atoms with Crippen LogP contribution < -0.4 is 10.6 Å². The molecule has 1 unspecified atom stereocenters. The van der Waals surface area contributed by atoms with Crippen LogP contribution in [0.25, 0.3) is 10.8 Å². The topological polar surface area (TPSA) is 44.4 Å². The molecule has 4 nitrogen and oxygen atoms in total. The van der Waals surface area contributed by atoms with Crippen LogP contribution in [-0.2, 0) is 4.79 Å². The third-order valence-corrected chi connectivity index (χ3v) is 4.47. The van der Waals surface area contributed by atoms with E-state index in [0.29, 0.717) is 6.54 Å². The third kappa shape index (κ3) is 4.69. The van der Waals surface area contributed by atoms with Crippen LogP contribution in [0, 0.1) is 0 Å². The Hall–Kier alpha value is -1.62. The molecule has 24 heavy (non-hydrogen) atoms. The highest BCUT2D eigenvalue weighted by molar-refractivity contribution is 5.87. The number of amides is 1. The smallest absolute Gasteiger partial charge is 0.234 e. The molecular weight excluding hydrogens is 322 g/mol. The van der Waals surface area contributed by atoms with Crippen molar-refractivity contribution in [2.75, 3.05) is 32.7 Å². The second kappa shape index (κ2) is 9.02. The molecule has 1 aliphatic rings. The van der Waals surface area contributed by atoms with Gasteiger partial charge in [-0.05, 0) is 42.8 Å². The minimum absolute atomic E-state index is 0. The average Bonchev–Trinajstić information content (AvgIpc) is 2.82. The fourth-order valence-corrected chi connectivity index (χ4v) is 3.26. The number of hydrogen-bond donors (Lipinski definition) is 2. The molecule has 0 radical (unpaired) electrons. The third-order valence-electron chi connectivity index (χ3n) is 4.47. The van der Waals surface area contributed by atoms with E-state index in [9.17, 15) is 4.79 Å². The molecule has 0 aliphatic carbocycles. The van der Waals surface area contributed by atoms with Crippen LogP contribution in [0.15, 0.2) is 42.5 Å². The lowest BCUT2D eigenvalue weighted by molar-refractivity contribution is -0.122. The van der Waals surface area contributed by atoms with Gasteiger partial charge in [0.25, 0.3) is 0 Å². The number of benzene rings is 2. The number of nitrogens with one attached hydrogen (secondary N) is 2. The zero-order chi connectivity index (χ0) is 16.1. The molecule has 2 N–H and O–H groups in total. The van der Waals surface area contributed by atoms with Crippen LogP contribution in [0.1, 0.15) is 24.9 Å². The van der Waals surface area contributed by atoms with Crippen LogP contribution >= 0.6 is 12.4 Å². The molecule has 1 saturated heterocycles. The molecule has 0 aromatic heterocycles. The number of fused-ring (bicyclic) bond motifs is 1. The number of nitrogens with zero attached hydrogens (tertiary/aromatic N) is 1. The van der Waals surface area contributed by atoms with Crippen LogP contribution in [0.2, 0.25) is 0 Å². The normalized spacial score (nSPS) is 16.9. The van der Waals surface area contributed by atoms with Crippen molar-refractivity contribution in [2.45, 2.75) is 19.4 Å². The fourth-order valence-electron chi connectivity index (χ4n) is 3.26. The molecule has 1 amide bonds. The molecule has 130 valence electrons. The van der Waals surface area contributed by atoms with Crippen molar-refractivity contribution in [3.8, 4) is 0 Å². The van der Waals surface area contributed by atoms with Crippen molar-refractivity contribution >= 4 is 29.1 Å². The first-order valence-electron chi connectivity index (χ1n) is 8.44. The average molecular weight is 348 g/mol. The van der Waals surface area contributed by atoms with Gasteiger partial charge in [-0.25, -0.2) is 0 Å². The van der Waals surface area contributed by atoms with Gasteiger partial charge in [0.2, 0.25) is 5.91 Å². The highest BCUT2D eigenvalue weighted by Gasteiger charge is 2.16. The first-order chi connectivity index (χ1) is 11.2. The summed E-state index contributed by atoms with van der Waals surface area (Å²) in [6, 6.07) is 14.6. The molecule has 1 aliphatic heterocycles. The highest BCUT2D eigenvalue weighted by Crippen LogP contribution is 2.23. The molecule has 0 saturated carbocycles. The number of halogens is 1. The van der Waals surface area contributed by atoms with Crippen LogP contribution in [0.3, 0.4) is 0 Å². The maximum atomic E-state index is 12.4. The van der Waals surface area contributed by atoms with E-state index in [1.807, 2.05) is 12.1 Å². The van der Waals surface area contributed by atoms with E-state index >= 15 is 0 Å². The van der Waals surface area contributed by atoms with Crippen LogP contribution in [0.4, 0.5) is 0 Å². The van der Waals surface area contributed by atoms with Crippen molar-refractivity contribution < 1.29 is 4.79 Å². The molecule has 0 spiro atoms. The molecule has 0 bridgehead atoms. The summed E-state index contributed by atoms with van der Waals surface area (Å²) in [7, 11) is 0. The molecular formula is C19H26ClN3O. The van der Waals surface area contributed by atoms with Gasteiger partial charge in [0.1, 0.15) is 0 Å². The van der Waals surface area contributed by atoms with Gasteiger partial charge in [-0.15, -0.1) is 12.4 Å². The lowest BCUT2D eigenvalue weighted by Crippen LogP contribution is -2.39. The summed E-state index contributed by atoms with van der Waals surface area (Å²) >= 11 is 0. The Morgan fingerprint density at radius 2 is 1.96 bits per heavy atom. The molecule has 2 aromatic rings. The molecule has 5 heteroatoms. The predicted octanol–water partition coefficient (Wildman–Crippen LogP) is 2.73. The zero-order valence-electron chi connectivity index (χ0n) is 14.1. The molecule has 1 heterocycles.